The number of rotatable bonds is 3. The van der Waals surface area contributed by atoms with Crippen LogP contribution in [0.3, 0.4) is 0 Å². The molecule has 0 fully saturated rings. The zero-order valence-electron chi connectivity index (χ0n) is 10.9. The molecule has 0 spiro atoms. The summed E-state index contributed by atoms with van der Waals surface area (Å²) in [5, 5.41) is 12.8. The highest BCUT2D eigenvalue weighted by Crippen LogP contribution is 2.26. The summed E-state index contributed by atoms with van der Waals surface area (Å²) in [5.74, 6) is -1.37. The van der Waals surface area contributed by atoms with Crippen molar-refractivity contribution in [2.24, 2.45) is 0 Å². The Morgan fingerprint density at radius 3 is 2.48 bits per heavy atom. The lowest BCUT2D eigenvalue weighted by Gasteiger charge is -2.06. The lowest BCUT2D eigenvalue weighted by molar-refractivity contribution is 0.0698. The Morgan fingerprint density at radius 1 is 1.00 bits per heavy atom. The summed E-state index contributed by atoms with van der Waals surface area (Å²) >= 11 is 1.38. The maximum Gasteiger partial charge on any atom is 0.337 e. The molecule has 0 bridgehead atoms. The van der Waals surface area contributed by atoms with Crippen LogP contribution >= 0.6 is 11.3 Å². The Labute approximate surface area is 124 Å². The molecule has 21 heavy (non-hydrogen) atoms. The highest BCUT2D eigenvalue weighted by Gasteiger charge is 2.14. The van der Waals surface area contributed by atoms with Crippen molar-refractivity contribution in [3.63, 3.8) is 0 Å². The third kappa shape index (κ3) is 2.64. The van der Waals surface area contributed by atoms with E-state index < -0.39 is 5.97 Å². The van der Waals surface area contributed by atoms with E-state index in [1.807, 2.05) is 24.3 Å². The average Bonchev–Trinajstić information content (AvgIpc) is 2.91. The second kappa shape index (κ2) is 5.38. The molecule has 104 valence electrons. The molecule has 5 heteroatoms. The Bertz CT molecular complexity index is 805. The van der Waals surface area contributed by atoms with Crippen LogP contribution in [0.4, 0.5) is 5.69 Å². The topological polar surface area (TPSA) is 66.4 Å². The average molecular weight is 297 g/mol. The van der Waals surface area contributed by atoms with E-state index in [4.69, 9.17) is 5.11 Å². The van der Waals surface area contributed by atoms with Crippen molar-refractivity contribution in [2.75, 3.05) is 5.32 Å². The van der Waals surface area contributed by atoms with E-state index in [1.54, 1.807) is 24.3 Å². The van der Waals surface area contributed by atoms with Crippen molar-refractivity contribution in [1.29, 1.82) is 0 Å². The number of carbonyl (C=O) groups is 2. The Hall–Kier alpha value is -2.66. The molecule has 1 amide bonds. The molecule has 0 saturated heterocycles. The first kappa shape index (κ1) is 13.3. The van der Waals surface area contributed by atoms with Crippen LogP contribution in [0.2, 0.25) is 0 Å². The fourth-order valence-electron chi connectivity index (χ4n) is 2.06. The molecule has 0 atom stereocenters. The first-order valence-corrected chi connectivity index (χ1v) is 7.09. The summed E-state index contributed by atoms with van der Waals surface area (Å²) in [6.07, 6.45) is 0. The normalized spacial score (nSPS) is 10.5. The predicted octanol–water partition coefficient (Wildman–Crippen LogP) is 3.85. The fourth-order valence-corrected chi connectivity index (χ4v) is 3.01. The molecule has 1 aromatic heterocycles. The molecule has 0 aliphatic heterocycles. The number of anilines is 1. The molecule has 0 radical (unpaired) electrons. The van der Waals surface area contributed by atoms with Crippen molar-refractivity contribution in [3.05, 3.63) is 65.0 Å². The Kier molecular flexibility index (Phi) is 3.41. The molecule has 1 heterocycles. The highest BCUT2D eigenvalue weighted by atomic mass is 32.1. The van der Waals surface area contributed by atoms with Crippen molar-refractivity contribution >= 4 is 39.0 Å². The molecule has 3 rings (SSSR count). The molecule has 0 saturated carbocycles. The summed E-state index contributed by atoms with van der Waals surface area (Å²) in [5.41, 5.74) is 0.374. The second-order valence-electron chi connectivity index (χ2n) is 4.45. The van der Waals surface area contributed by atoms with Gasteiger partial charge in [0, 0.05) is 4.70 Å². The number of benzene rings is 2. The number of hydrogen-bond donors (Lipinski definition) is 2. The van der Waals surface area contributed by atoms with Gasteiger partial charge in [-0.05, 0) is 29.7 Å². The van der Waals surface area contributed by atoms with E-state index in [1.165, 1.54) is 17.4 Å². The Morgan fingerprint density at radius 2 is 1.71 bits per heavy atom. The number of para-hydroxylation sites is 1. The number of carboxylic acid groups (broad SMARTS) is 1. The molecule has 0 aliphatic carbocycles. The predicted molar refractivity (Wildman–Crippen MR) is 83.2 cm³/mol. The molecular weight excluding hydrogens is 286 g/mol. The number of fused-ring (bicyclic) bond motifs is 1. The van der Waals surface area contributed by atoms with E-state index in [2.05, 4.69) is 5.32 Å². The van der Waals surface area contributed by atoms with Crippen LogP contribution in [0.15, 0.2) is 54.6 Å². The minimum absolute atomic E-state index is 0.0759. The van der Waals surface area contributed by atoms with Crippen LogP contribution in [-0.4, -0.2) is 17.0 Å². The second-order valence-corrected chi connectivity index (χ2v) is 5.54. The third-order valence-electron chi connectivity index (χ3n) is 3.05. The molecule has 2 N–H and O–H groups in total. The maximum atomic E-state index is 12.3. The smallest absolute Gasteiger partial charge is 0.337 e. The number of nitrogens with one attached hydrogen (secondary N) is 1. The third-order valence-corrected chi connectivity index (χ3v) is 4.17. The summed E-state index contributed by atoms with van der Waals surface area (Å²) < 4.78 is 1.02. The molecular formula is C16H11NO3S. The molecule has 2 aromatic carbocycles. The minimum atomic E-state index is -1.07. The van der Waals surface area contributed by atoms with Gasteiger partial charge in [0.05, 0.1) is 16.1 Å². The summed E-state index contributed by atoms with van der Waals surface area (Å²) in [7, 11) is 0. The molecule has 3 aromatic rings. The number of thiophene rings is 1. The zero-order chi connectivity index (χ0) is 14.8. The van der Waals surface area contributed by atoms with Gasteiger partial charge in [-0.1, -0.05) is 30.3 Å². The number of carboxylic acids is 1. The van der Waals surface area contributed by atoms with Crippen molar-refractivity contribution in [2.45, 2.75) is 0 Å². The number of hydrogen-bond acceptors (Lipinski definition) is 3. The molecule has 4 nitrogen and oxygen atoms in total. The quantitative estimate of drug-likeness (QED) is 0.771. The van der Waals surface area contributed by atoms with E-state index in [-0.39, 0.29) is 11.5 Å². The van der Waals surface area contributed by atoms with Gasteiger partial charge in [-0.2, -0.15) is 0 Å². The summed E-state index contributed by atoms with van der Waals surface area (Å²) in [4.78, 5) is 23.9. The lowest BCUT2D eigenvalue weighted by Crippen LogP contribution is -2.13. The fraction of sp³-hybridized carbons (Fsp3) is 0. The van der Waals surface area contributed by atoms with Crippen LogP contribution < -0.4 is 5.32 Å². The first-order chi connectivity index (χ1) is 10.1. The number of aromatic carboxylic acids is 1. The van der Waals surface area contributed by atoms with Crippen molar-refractivity contribution in [3.8, 4) is 0 Å². The van der Waals surface area contributed by atoms with Gasteiger partial charge in [-0.15, -0.1) is 11.3 Å². The van der Waals surface area contributed by atoms with E-state index in [0.29, 0.717) is 10.6 Å². The first-order valence-electron chi connectivity index (χ1n) is 6.27. The van der Waals surface area contributed by atoms with Gasteiger partial charge in [0.25, 0.3) is 5.91 Å². The van der Waals surface area contributed by atoms with Crippen LogP contribution in [0, 0.1) is 0 Å². The molecule has 0 unspecified atom stereocenters. The van der Waals surface area contributed by atoms with Gasteiger partial charge in [0.2, 0.25) is 0 Å². The number of amides is 1. The van der Waals surface area contributed by atoms with E-state index in [9.17, 15) is 9.59 Å². The van der Waals surface area contributed by atoms with E-state index in [0.717, 1.165) is 10.1 Å². The monoisotopic (exact) mass is 297 g/mol. The largest absolute Gasteiger partial charge is 0.478 e. The van der Waals surface area contributed by atoms with Gasteiger partial charge in [-0.3, -0.25) is 4.79 Å². The van der Waals surface area contributed by atoms with Gasteiger partial charge in [-0.25, -0.2) is 4.79 Å². The van der Waals surface area contributed by atoms with Crippen molar-refractivity contribution < 1.29 is 14.7 Å². The maximum absolute atomic E-state index is 12.3. The van der Waals surface area contributed by atoms with Crippen LogP contribution in [-0.2, 0) is 0 Å². The van der Waals surface area contributed by atoms with Crippen LogP contribution in [0.25, 0.3) is 10.1 Å². The van der Waals surface area contributed by atoms with E-state index >= 15 is 0 Å². The highest BCUT2D eigenvalue weighted by molar-refractivity contribution is 7.20. The van der Waals surface area contributed by atoms with Crippen LogP contribution in [0.1, 0.15) is 20.0 Å². The lowest BCUT2D eigenvalue weighted by atomic mass is 10.2. The van der Waals surface area contributed by atoms with Gasteiger partial charge < -0.3 is 10.4 Å². The zero-order valence-corrected chi connectivity index (χ0v) is 11.7. The Balaban J connectivity index is 1.91. The SMILES string of the molecule is O=C(Nc1ccccc1C(=O)O)c1cc2ccccc2s1. The van der Waals surface area contributed by atoms with Gasteiger partial charge in [0.15, 0.2) is 0 Å². The van der Waals surface area contributed by atoms with Gasteiger partial charge >= 0.3 is 5.97 Å². The molecule has 0 aliphatic rings. The standard InChI is InChI=1S/C16H11NO3S/c18-15(14-9-10-5-1-4-8-13(10)21-14)17-12-7-3-2-6-11(12)16(19)20/h1-9H,(H,17,18)(H,19,20). The van der Waals surface area contributed by atoms with Crippen molar-refractivity contribution in [1.82, 2.24) is 0 Å². The van der Waals surface area contributed by atoms with Gasteiger partial charge in [0.1, 0.15) is 0 Å². The van der Waals surface area contributed by atoms with Crippen LogP contribution in [0.5, 0.6) is 0 Å². The number of carbonyl (C=O) groups excluding carboxylic acids is 1. The minimum Gasteiger partial charge on any atom is -0.478 e. The summed E-state index contributed by atoms with van der Waals surface area (Å²) in [6.45, 7) is 0. The summed E-state index contributed by atoms with van der Waals surface area (Å²) in [6, 6.07) is 15.9.